The molecule has 0 unspecified atom stereocenters. The zero-order valence-electron chi connectivity index (χ0n) is 8.95. The normalized spacial score (nSPS) is 12.2. The number of carboxylic acid groups (broad SMARTS) is 1. The van der Waals surface area contributed by atoms with Crippen LogP contribution in [0.15, 0.2) is 18.2 Å². The second kappa shape index (κ2) is 4.48. The number of carbonyl (C=O) groups is 1. The highest BCUT2D eigenvalue weighted by Gasteiger charge is 2.32. The van der Waals surface area contributed by atoms with Gasteiger partial charge in [-0.2, -0.15) is 13.2 Å². The molecule has 0 saturated carbocycles. The summed E-state index contributed by atoms with van der Waals surface area (Å²) in [4.78, 5) is 10.7. The minimum absolute atomic E-state index is 0.426. The molecule has 0 aliphatic heterocycles. The smallest absolute Gasteiger partial charge is 0.416 e. The zero-order chi connectivity index (χ0) is 14.1. The van der Waals surface area contributed by atoms with Crippen molar-refractivity contribution in [2.75, 3.05) is 11.0 Å². The van der Waals surface area contributed by atoms with E-state index < -0.39 is 39.0 Å². The Bertz CT molecular complexity index is 580. The third kappa shape index (κ3) is 3.91. The van der Waals surface area contributed by atoms with Crippen molar-refractivity contribution in [3.05, 3.63) is 29.3 Å². The van der Waals surface area contributed by atoms with Gasteiger partial charge >= 0.3 is 12.1 Å². The minimum Gasteiger partial charge on any atom is -0.478 e. The molecule has 0 heterocycles. The van der Waals surface area contributed by atoms with Gasteiger partial charge in [0.15, 0.2) is 0 Å². The number of hydrogen-bond acceptors (Lipinski definition) is 3. The monoisotopic (exact) mass is 283 g/mol. The topological polar surface area (TPSA) is 83.5 Å². The number of nitrogens with one attached hydrogen (secondary N) is 1. The van der Waals surface area contributed by atoms with Crippen LogP contribution >= 0.6 is 0 Å². The molecular weight excluding hydrogens is 275 g/mol. The van der Waals surface area contributed by atoms with Gasteiger partial charge in [-0.05, 0) is 18.2 Å². The van der Waals surface area contributed by atoms with Crippen molar-refractivity contribution >= 4 is 21.7 Å². The fourth-order valence-corrected chi connectivity index (χ4v) is 1.73. The van der Waals surface area contributed by atoms with E-state index in [0.717, 1.165) is 12.3 Å². The molecular formula is C9H8F3NO4S. The maximum atomic E-state index is 12.5. The quantitative estimate of drug-likeness (QED) is 0.885. The number of aromatic carboxylic acids is 1. The van der Waals surface area contributed by atoms with E-state index in [2.05, 4.69) is 0 Å². The molecule has 18 heavy (non-hydrogen) atoms. The third-order valence-corrected chi connectivity index (χ3v) is 2.42. The first kappa shape index (κ1) is 14.3. The van der Waals surface area contributed by atoms with Crippen LogP contribution in [-0.2, 0) is 16.2 Å². The molecule has 0 radical (unpaired) electrons. The van der Waals surface area contributed by atoms with Gasteiger partial charge < -0.3 is 5.11 Å². The average Bonchev–Trinajstić information content (AvgIpc) is 2.12. The van der Waals surface area contributed by atoms with Crippen molar-refractivity contribution in [3.63, 3.8) is 0 Å². The van der Waals surface area contributed by atoms with E-state index in [4.69, 9.17) is 5.11 Å². The number of carboxylic acids is 1. The number of halogens is 3. The van der Waals surface area contributed by atoms with Crippen LogP contribution in [0.5, 0.6) is 0 Å². The maximum Gasteiger partial charge on any atom is 0.416 e. The van der Waals surface area contributed by atoms with Crippen molar-refractivity contribution < 1.29 is 31.5 Å². The number of hydrogen-bond donors (Lipinski definition) is 2. The van der Waals surface area contributed by atoms with Crippen molar-refractivity contribution in [1.29, 1.82) is 0 Å². The minimum atomic E-state index is -4.76. The summed E-state index contributed by atoms with van der Waals surface area (Å²) in [7, 11) is -3.79. The van der Waals surface area contributed by atoms with Gasteiger partial charge in [0, 0.05) is 5.69 Å². The van der Waals surface area contributed by atoms with Crippen LogP contribution in [0.2, 0.25) is 0 Å². The van der Waals surface area contributed by atoms with E-state index in [0.29, 0.717) is 12.1 Å². The zero-order valence-corrected chi connectivity index (χ0v) is 9.76. The fourth-order valence-electron chi connectivity index (χ4n) is 1.19. The van der Waals surface area contributed by atoms with Gasteiger partial charge in [-0.1, -0.05) is 0 Å². The Kier molecular flexibility index (Phi) is 3.56. The Morgan fingerprint density at radius 2 is 1.83 bits per heavy atom. The number of benzene rings is 1. The first-order chi connectivity index (χ1) is 7.99. The van der Waals surface area contributed by atoms with E-state index in [1.165, 1.54) is 0 Å². The number of alkyl halides is 3. The van der Waals surface area contributed by atoms with Gasteiger partial charge in [0.1, 0.15) is 0 Å². The lowest BCUT2D eigenvalue weighted by Gasteiger charge is -2.11. The summed E-state index contributed by atoms with van der Waals surface area (Å²) >= 11 is 0. The van der Waals surface area contributed by atoms with E-state index in [-0.39, 0.29) is 0 Å². The average molecular weight is 283 g/mol. The van der Waals surface area contributed by atoms with Gasteiger partial charge in [0.25, 0.3) is 0 Å². The molecule has 0 atom stereocenters. The standard InChI is InChI=1S/C9H8F3NO4S/c1-18(16,17)13-7-3-5(8(14)15)2-6(4-7)9(10,11)12/h2-4,13H,1H3,(H,14,15). The van der Waals surface area contributed by atoms with E-state index >= 15 is 0 Å². The summed E-state index contributed by atoms with van der Waals surface area (Å²) in [5.74, 6) is -1.59. The Balaban J connectivity index is 3.36. The lowest BCUT2D eigenvalue weighted by Crippen LogP contribution is -2.13. The molecule has 5 nitrogen and oxygen atoms in total. The second-order valence-electron chi connectivity index (χ2n) is 3.48. The molecule has 1 aromatic rings. The van der Waals surface area contributed by atoms with E-state index in [9.17, 15) is 26.4 Å². The molecule has 0 fully saturated rings. The molecule has 0 aliphatic rings. The Hall–Kier alpha value is -1.77. The number of anilines is 1. The van der Waals surface area contributed by atoms with E-state index in [1.54, 1.807) is 4.72 Å². The summed E-state index contributed by atoms with van der Waals surface area (Å²) in [6.45, 7) is 0. The Labute approximate surface area is 100 Å². The van der Waals surface area contributed by atoms with Gasteiger partial charge in [-0.3, -0.25) is 4.72 Å². The summed E-state index contributed by atoms with van der Waals surface area (Å²) < 4.78 is 61.0. The summed E-state index contributed by atoms with van der Waals surface area (Å²) in [5, 5.41) is 8.65. The van der Waals surface area contributed by atoms with Gasteiger partial charge in [-0.25, -0.2) is 13.2 Å². The van der Waals surface area contributed by atoms with Crippen molar-refractivity contribution in [2.45, 2.75) is 6.18 Å². The molecule has 1 rings (SSSR count). The lowest BCUT2D eigenvalue weighted by molar-refractivity contribution is -0.137. The highest BCUT2D eigenvalue weighted by Crippen LogP contribution is 2.32. The largest absolute Gasteiger partial charge is 0.478 e. The van der Waals surface area contributed by atoms with Crippen LogP contribution in [0.4, 0.5) is 18.9 Å². The molecule has 0 amide bonds. The third-order valence-electron chi connectivity index (χ3n) is 1.81. The van der Waals surface area contributed by atoms with Crippen molar-refractivity contribution in [3.8, 4) is 0 Å². The predicted molar refractivity (Wildman–Crippen MR) is 56.9 cm³/mol. The molecule has 0 spiro atoms. The van der Waals surface area contributed by atoms with Crippen molar-refractivity contribution in [1.82, 2.24) is 0 Å². The molecule has 0 aliphatic carbocycles. The Morgan fingerprint density at radius 1 is 1.28 bits per heavy atom. The van der Waals surface area contributed by atoms with Crippen LogP contribution in [0, 0.1) is 0 Å². The van der Waals surface area contributed by atoms with Gasteiger partial charge in [0.2, 0.25) is 10.0 Å². The second-order valence-corrected chi connectivity index (χ2v) is 5.22. The fraction of sp³-hybridized carbons (Fsp3) is 0.222. The molecule has 0 aromatic heterocycles. The molecule has 1 aromatic carbocycles. The van der Waals surface area contributed by atoms with Gasteiger partial charge in [-0.15, -0.1) is 0 Å². The molecule has 9 heteroatoms. The summed E-state index contributed by atoms with van der Waals surface area (Å²) in [6.07, 6.45) is -4.02. The SMILES string of the molecule is CS(=O)(=O)Nc1cc(C(=O)O)cc(C(F)(F)F)c1. The first-order valence-corrected chi connectivity index (χ1v) is 6.31. The maximum absolute atomic E-state index is 12.5. The number of sulfonamides is 1. The summed E-state index contributed by atoms with van der Waals surface area (Å²) in [5.41, 5.74) is -2.35. The Morgan fingerprint density at radius 3 is 2.22 bits per heavy atom. The van der Waals surface area contributed by atoms with Crippen LogP contribution in [-0.4, -0.2) is 25.7 Å². The number of rotatable bonds is 3. The van der Waals surface area contributed by atoms with Crippen LogP contribution in [0.25, 0.3) is 0 Å². The summed E-state index contributed by atoms with van der Waals surface area (Å²) in [6, 6.07) is 1.75. The van der Waals surface area contributed by atoms with Crippen LogP contribution in [0.1, 0.15) is 15.9 Å². The molecule has 0 saturated heterocycles. The molecule has 0 bridgehead atoms. The lowest BCUT2D eigenvalue weighted by atomic mass is 10.1. The van der Waals surface area contributed by atoms with Crippen molar-refractivity contribution in [2.24, 2.45) is 0 Å². The van der Waals surface area contributed by atoms with Gasteiger partial charge in [0.05, 0.1) is 17.4 Å². The van der Waals surface area contributed by atoms with Crippen LogP contribution in [0.3, 0.4) is 0 Å². The highest BCUT2D eigenvalue weighted by atomic mass is 32.2. The predicted octanol–water partition coefficient (Wildman–Crippen LogP) is 1.78. The molecule has 2 N–H and O–H groups in total. The highest BCUT2D eigenvalue weighted by molar-refractivity contribution is 7.92. The first-order valence-electron chi connectivity index (χ1n) is 4.42. The van der Waals surface area contributed by atoms with Crippen LogP contribution < -0.4 is 4.72 Å². The molecule has 100 valence electrons. The van der Waals surface area contributed by atoms with E-state index in [1.807, 2.05) is 0 Å².